The lowest BCUT2D eigenvalue weighted by Gasteiger charge is -2.32. The number of hydrogen-bond donors (Lipinski definition) is 0. The molecule has 0 aliphatic carbocycles. The van der Waals surface area contributed by atoms with Crippen molar-refractivity contribution in [2.24, 2.45) is 0 Å². The molecule has 0 N–H and O–H groups in total. The van der Waals surface area contributed by atoms with Crippen LogP contribution in [0.3, 0.4) is 0 Å². The maximum Gasteiger partial charge on any atom is 0.185 e. The van der Waals surface area contributed by atoms with Crippen molar-refractivity contribution in [1.29, 1.82) is 0 Å². The summed E-state index contributed by atoms with van der Waals surface area (Å²) in [6.45, 7) is 0. The monoisotopic (exact) mass is 818 g/mol. The third kappa shape index (κ3) is 5.21. The Morgan fingerprint density at radius 3 is 1.40 bits per heavy atom. The number of para-hydroxylation sites is 3. The lowest BCUT2D eigenvalue weighted by molar-refractivity contribution is 1.17. The molecule has 0 unspecified atom stereocenters. The van der Waals surface area contributed by atoms with Crippen LogP contribution in [0.15, 0.2) is 231 Å². The second-order valence-electron chi connectivity index (χ2n) is 16.5. The van der Waals surface area contributed by atoms with Gasteiger partial charge in [0, 0.05) is 54.8 Å². The van der Waals surface area contributed by atoms with E-state index in [2.05, 4.69) is 240 Å². The normalized spacial score (nSPS) is 12.9. The Morgan fingerprint density at radius 1 is 0.333 bits per heavy atom. The molecule has 63 heavy (non-hydrogen) atoms. The molecule has 0 atom stereocenters. The van der Waals surface area contributed by atoms with Crippen molar-refractivity contribution in [3.63, 3.8) is 0 Å². The smallest absolute Gasteiger partial charge is 0.185 e. The van der Waals surface area contributed by atoms with Crippen molar-refractivity contribution in [3.05, 3.63) is 231 Å². The number of rotatable bonds is 6. The molecule has 4 heterocycles. The number of aromatic nitrogens is 4. The number of fused-ring (bicyclic) bond motifs is 9. The molecule has 1 aliphatic rings. The molecular weight excluding hydrogens is 781 g/mol. The predicted octanol–water partition coefficient (Wildman–Crippen LogP) is 11.4. The molecule has 0 saturated heterocycles. The summed E-state index contributed by atoms with van der Waals surface area (Å²) >= 11 is 0. The highest BCUT2D eigenvalue weighted by Gasteiger charge is 2.52. The fourth-order valence-electron chi connectivity index (χ4n) is 10.6. The maximum absolute atomic E-state index is 5.60. The largest absolute Gasteiger partial charge is 0.309 e. The van der Waals surface area contributed by atoms with Gasteiger partial charge in [0.05, 0.1) is 33.5 Å². The van der Waals surface area contributed by atoms with E-state index in [0.717, 1.165) is 45.3 Å². The van der Waals surface area contributed by atoms with Crippen LogP contribution in [0.25, 0.3) is 88.9 Å². The molecule has 0 bridgehead atoms. The van der Waals surface area contributed by atoms with Crippen LogP contribution in [-0.4, -0.2) is 27.2 Å². The van der Waals surface area contributed by atoms with Gasteiger partial charge in [0.2, 0.25) is 0 Å². The van der Waals surface area contributed by atoms with Crippen LogP contribution in [-0.2, 0) is 0 Å². The van der Waals surface area contributed by atoms with E-state index in [-0.39, 0.29) is 0 Å². The zero-order valence-corrected chi connectivity index (χ0v) is 35.2. The first-order chi connectivity index (χ1) is 31.3. The fourth-order valence-corrected chi connectivity index (χ4v) is 15.8. The zero-order valence-electron chi connectivity index (χ0n) is 34.2. The van der Waals surface area contributed by atoms with Crippen molar-refractivity contribution in [3.8, 4) is 45.3 Å². The second-order valence-corrected chi connectivity index (χ2v) is 20.2. The first kappa shape index (κ1) is 35.6. The van der Waals surface area contributed by atoms with Crippen LogP contribution in [0.1, 0.15) is 0 Å². The molecule has 9 aromatic carbocycles. The molecular formula is C58H38N4Si. The van der Waals surface area contributed by atoms with Crippen molar-refractivity contribution >= 4 is 72.4 Å². The highest BCUT2D eigenvalue weighted by atomic mass is 28.3. The quantitative estimate of drug-likeness (QED) is 0.157. The third-order valence-corrected chi connectivity index (χ3v) is 18.0. The van der Waals surface area contributed by atoms with Gasteiger partial charge in [0.1, 0.15) is 0 Å². The molecule has 12 aromatic rings. The fraction of sp³-hybridized carbons (Fsp3) is 0. The molecule has 294 valence electrons. The van der Waals surface area contributed by atoms with E-state index in [1.54, 1.807) is 0 Å². The molecule has 5 heteroatoms. The van der Waals surface area contributed by atoms with Gasteiger partial charge >= 0.3 is 0 Å². The van der Waals surface area contributed by atoms with Gasteiger partial charge in [-0.15, -0.1) is 0 Å². The average molecular weight is 819 g/mol. The summed E-state index contributed by atoms with van der Waals surface area (Å²) in [7, 11) is -3.12. The SMILES string of the molecule is c1ccc(-c2nc(-c3ccccc3)c3c(n2)-c2ccc(-n4c5ccccc5c5cc6c7ccccc7n(-c7ccccc7)c6cc54)cc2[Si]3(c2ccccc2)c2ccccc2)cc1. The van der Waals surface area contributed by atoms with E-state index < -0.39 is 8.07 Å². The number of nitrogens with zero attached hydrogens (tertiary/aromatic N) is 4. The molecule has 0 amide bonds. The summed E-state index contributed by atoms with van der Waals surface area (Å²) in [5.74, 6) is 0.731. The van der Waals surface area contributed by atoms with Crippen LogP contribution >= 0.6 is 0 Å². The lowest BCUT2D eigenvalue weighted by Crippen LogP contribution is -2.73. The molecule has 1 aliphatic heterocycles. The molecule has 0 saturated carbocycles. The minimum absolute atomic E-state index is 0.731. The first-order valence-corrected chi connectivity index (χ1v) is 23.6. The van der Waals surface area contributed by atoms with Crippen molar-refractivity contribution in [1.82, 2.24) is 19.1 Å². The average Bonchev–Trinajstić information content (AvgIpc) is 3.97. The number of hydrogen-bond acceptors (Lipinski definition) is 2. The van der Waals surface area contributed by atoms with Crippen LogP contribution < -0.4 is 20.7 Å². The summed E-state index contributed by atoms with van der Waals surface area (Å²) in [6.07, 6.45) is 0. The van der Waals surface area contributed by atoms with Gasteiger partial charge in [-0.2, -0.15) is 0 Å². The van der Waals surface area contributed by atoms with E-state index in [1.165, 1.54) is 64.4 Å². The van der Waals surface area contributed by atoms with Gasteiger partial charge in [-0.1, -0.05) is 182 Å². The standard InChI is InChI=1S/C58H38N4Si/c1-6-20-39(21-7-1)55-57-56(60-58(59-55)40-22-8-2-9-23-40)47-35-34-42(36-54(47)63(57,43-26-12-4-13-27-43)44-28-14-5-15-29-44)62-51-33-19-17-31-46(51)49-37-48-45-30-16-18-32-50(45)61(52(48)38-53(49)62)41-24-10-3-11-25-41/h1-38H. The molecule has 0 radical (unpaired) electrons. The minimum atomic E-state index is -3.12. The Balaban J connectivity index is 1.16. The Kier molecular flexibility index (Phi) is 7.89. The molecule has 0 fully saturated rings. The van der Waals surface area contributed by atoms with E-state index in [0.29, 0.717) is 0 Å². The van der Waals surface area contributed by atoms with Gasteiger partial charge in [-0.3, -0.25) is 0 Å². The van der Waals surface area contributed by atoms with Crippen molar-refractivity contribution in [2.75, 3.05) is 0 Å². The Labute approximate surface area is 365 Å². The Bertz CT molecular complexity index is 3670. The Morgan fingerprint density at radius 2 is 0.810 bits per heavy atom. The van der Waals surface area contributed by atoms with Gasteiger partial charge in [-0.05, 0) is 64.1 Å². The van der Waals surface area contributed by atoms with Gasteiger partial charge in [-0.25, -0.2) is 9.97 Å². The second kappa shape index (κ2) is 14.0. The van der Waals surface area contributed by atoms with Gasteiger partial charge < -0.3 is 9.13 Å². The molecule has 0 spiro atoms. The topological polar surface area (TPSA) is 35.6 Å². The van der Waals surface area contributed by atoms with E-state index >= 15 is 0 Å². The molecule has 3 aromatic heterocycles. The van der Waals surface area contributed by atoms with Gasteiger partial charge in [0.15, 0.2) is 13.9 Å². The minimum Gasteiger partial charge on any atom is -0.309 e. The number of benzene rings is 9. The lowest BCUT2D eigenvalue weighted by atomic mass is 10.1. The van der Waals surface area contributed by atoms with E-state index in [9.17, 15) is 0 Å². The molecule has 4 nitrogen and oxygen atoms in total. The highest BCUT2D eigenvalue weighted by molar-refractivity contribution is 7.22. The van der Waals surface area contributed by atoms with Gasteiger partial charge in [0.25, 0.3) is 0 Å². The van der Waals surface area contributed by atoms with Crippen LogP contribution in [0.5, 0.6) is 0 Å². The predicted molar refractivity (Wildman–Crippen MR) is 264 cm³/mol. The van der Waals surface area contributed by atoms with Crippen LogP contribution in [0.2, 0.25) is 0 Å². The summed E-state index contributed by atoms with van der Waals surface area (Å²) in [5, 5.41) is 10.1. The van der Waals surface area contributed by atoms with Crippen LogP contribution in [0, 0.1) is 0 Å². The summed E-state index contributed by atoms with van der Waals surface area (Å²) < 4.78 is 4.91. The van der Waals surface area contributed by atoms with E-state index in [4.69, 9.17) is 9.97 Å². The summed E-state index contributed by atoms with van der Waals surface area (Å²) in [4.78, 5) is 11.2. The summed E-state index contributed by atoms with van der Waals surface area (Å²) in [6, 6.07) is 84.0. The summed E-state index contributed by atoms with van der Waals surface area (Å²) in [5.41, 5.74) is 12.2. The Hall–Kier alpha value is -8.12. The third-order valence-electron chi connectivity index (χ3n) is 13.2. The van der Waals surface area contributed by atoms with Crippen molar-refractivity contribution in [2.45, 2.75) is 0 Å². The van der Waals surface area contributed by atoms with Crippen molar-refractivity contribution < 1.29 is 0 Å². The first-order valence-electron chi connectivity index (χ1n) is 21.6. The zero-order chi connectivity index (χ0) is 41.5. The van der Waals surface area contributed by atoms with Crippen LogP contribution in [0.4, 0.5) is 0 Å². The maximum atomic E-state index is 5.60. The highest BCUT2D eigenvalue weighted by Crippen LogP contribution is 2.41. The van der Waals surface area contributed by atoms with E-state index in [1.807, 2.05) is 0 Å². The molecule has 13 rings (SSSR count).